The monoisotopic (exact) mass is 341 g/mol. The lowest BCUT2D eigenvalue weighted by Crippen LogP contribution is -2.34. The van der Waals surface area contributed by atoms with Gasteiger partial charge in [0.1, 0.15) is 11.3 Å². The van der Waals surface area contributed by atoms with Crippen LogP contribution >= 0.6 is 0 Å². The predicted octanol–water partition coefficient (Wildman–Crippen LogP) is 1.44. The number of methoxy groups -OCH3 is 1. The molecule has 2 aromatic rings. The molecule has 7 nitrogen and oxygen atoms in total. The molecule has 0 amide bonds. The SMILES string of the molecule is CCn1c(C)cc2c(c1=O)C(c1cccnc1)C(C(=O)OC)=C(N)O2. The number of esters is 1. The smallest absolute Gasteiger partial charge is 0.340 e. The first-order chi connectivity index (χ1) is 12.0. The molecule has 25 heavy (non-hydrogen) atoms. The molecule has 0 saturated carbocycles. The lowest BCUT2D eigenvalue weighted by molar-refractivity contribution is -0.136. The van der Waals surface area contributed by atoms with Gasteiger partial charge in [-0.05, 0) is 25.5 Å². The van der Waals surface area contributed by atoms with Crippen LogP contribution in [0.2, 0.25) is 0 Å². The van der Waals surface area contributed by atoms with Crippen LogP contribution in [0.15, 0.2) is 46.8 Å². The average molecular weight is 341 g/mol. The fraction of sp³-hybridized carbons (Fsp3) is 0.278. The van der Waals surface area contributed by atoms with E-state index in [1.807, 2.05) is 13.8 Å². The minimum atomic E-state index is -0.698. The summed E-state index contributed by atoms with van der Waals surface area (Å²) in [5, 5.41) is 0. The number of hydrogen-bond acceptors (Lipinski definition) is 6. The molecule has 0 aromatic carbocycles. The third kappa shape index (κ3) is 2.67. The minimum Gasteiger partial charge on any atom is -0.465 e. The number of fused-ring (bicyclic) bond motifs is 1. The van der Waals surface area contributed by atoms with Crippen LogP contribution < -0.4 is 16.0 Å². The van der Waals surface area contributed by atoms with E-state index in [0.717, 1.165) is 5.69 Å². The first-order valence-corrected chi connectivity index (χ1v) is 7.89. The van der Waals surface area contributed by atoms with E-state index in [2.05, 4.69) is 4.98 Å². The fourth-order valence-corrected chi connectivity index (χ4v) is 3.17. The van der Waals surface area contributed by atoms with Gasteiger partial charge in [-0.15, -0.1) is 0 Å². The molecule has 1 atom stereocenters. The van der Waals surface area contributed by atoms with E-state index in [1.54, 1.807) is 35.2 Å². The number of aryl methyl sites for hydroxylation is 1. The van der Waals surface area contributed by atoms with Crippen LogP contribution in [0.1, 0.15) is 29.7 Å². The Morgan fingerprint density at radius 3 is 2.84 bits per heavy atom. The number of aromatic nitrogens is 2. The Hall–Kier alpha value is -3.09. The van der Waals surface area contributed by atoms with Crippen LogP contribution in [-0.2, 0) is 16.1 Å². The molecular formula is C18H19N3O4. The molecule has 0 fully saturated rings. The maximum atomic E-state index is 13.1. The number of pyridine rings is 2. The Morgan fingerprint density at radius 2 is 2.24 bits per heavy atom. The van der Waals surface area contributed by atoms with Crippen molar-refractivity contribution in [1.82, 2.24) is 9.55 Å². The molecule has 1 aliphatic heterocycles. The summed E-state index contributed by atoms with van der Waals surface area (Å²) in [6.07, 6.45) is 3.22. The van der Waals surface area contributed by atoms with Crippen LogP contribution in [0.5, 0.6) is 5.75 Å². The van der Waals surface area contributed by atoms with E-state index in [9.17, 15) is 9.59 Å². The summed E-state index contributed by atoms with van der Waals surface area (Å²) in [5.41, 5.74) is 7.65. The summed E-state index contributed by atoms with van der Waals surface area (Å²) < 4.78 is 12.1. The highest BCUT2D eigenvalue weighted by atomic mass is 16.5. The second-order valence-electron chi connectivity index (χ2n) is 5.70. The van der Waals surface area contributed by atoms with Crippen LogP contribution in [0.3, 0.4) is 0 Å². The molecule has 0 bridgehead atoms. The molecule has 3 heterocycles. The predicted molar refractivity (Wildman–Crippen MR) is 91.1 cm³/mol. The van der Waals surface area contributed by atoms with Gasteiger partial charge in [0.25, 0.3) is 5.56 Å². The molecule has 0 saturated heterocycles. The number of ether oxygens (including phenoxy) is 2. The summed E-state index contributed by atoms with van der Waals surface area (Å²) in [4.78, 5) is 29.5. The molecular weight excluding hydrogens is 322 g/mol. The van der Waals surface area contributed by atoms with E-state index in [-0.39, 0.29) is 17.0 Å². The second kappa shape index (κ2) is 6.43. The van der Waals surface area contributed by atoms with Gasteiger partial charge in [0.15, 0.2) is 0 Å². The zero-order valence-electron chi connectivity index (χ0n) is 14.3. The van der Waals surface area contributed by atoms with Crippen molar-refractivity contribution < 1.29 is 14.3 Å². The van der Waals surface area contributed by atoms with Crippen molar-refractivity contribution in [1.29, 1.82) is 0 Å². The third-order valence-corrected chi connectivity index (χ3v) is 4.31. The maximum Gasteiger partial charge on any atom is 0.340 e. The maximum absolute atomic E-state index is 13.1. The largest absolute Gasteiger partial charge is 0.465 e. The van der Waals surface area contributed by atoms with Crippen LogP contribution in [0, 0.1) is 6.92 Å². The highest BCUT2D eigenvalue weighted by molar-refractivity contribution is 5.92. The van der Waals surface area contributed by atoms with E-state index in [0.29, 0.717) is 23.4 Å². The van der Waals surface area contributed by atoms with Crippen LogP contribution in [0.4, 0.5) is 0 Å². The Labute approximate surface area is 144 Å². The first kappa shape index (κ1) is 16.8. The van der Waals surface area contributed by atoms with Gasteiger partial charge in [0.2, 0.25) is 5.88 Å². The van der Waals surface area contributed by atoms with Crippen molar-refractivity contribution in [2.75, 3.05) is 7.11 Å². The number of nitrogens with two attached hydrogens (primary N) is 1. The number of nitrogens with zero attached hydrogens (tertiary/aromatic N) is 2. The van der Waals surface area contributed by atoms with Crippen molar-refractivity contribution in [2.24, 2.45) is 5.73 Å². The molecule has 2 N–H and O–H groups in total. The van der Waals surface area contributed by atoms with Crippen LogP contribution in [-0.4, -0.2) is 22.6 Å². The van der Waals surface area contributed by atoms with Gasteiger partial charge in [-0.25, -0.2) is 4.79 Å². The molecule has 0 aliphatic carbocycles. The second-order valence-corrected chi connectivity index (χ2v) is 5.70. The van der Waals surface area contributed by atoms with E-state index in [1.165, 1.54) is 7.11 Å². The number of carbonyl (C=O) groups is 1. The average Bonchev–Trinajstić information content (AvgIpc) is 2.61. The van der Waals surface area contributed by atoms with Crippen molar-refractivity contribution in [2.45, 2.75) is 26.3 Å². The normalized spacial score (nSPS) is 16.2. The van der Waals surface area contributed by atoms with Crippen molar-refractivity contribution in [3.8, 4) is 5.75 Å². The highest BCUT2D eigenvalue weighted by Crippen LogP contribution is 2.40. The number of rotatable bonds is 3. The Bertz CT molecular complexity index is 916. The summed E-state index contributed by atoms with van der Waals surface area (Å²) in [6, 6.07) is 5.28. The van der Waals surface area contributed by atoms with Gasteiger partial charge in [-0.3, -0.25) is 9.78 Å². The standard InChI is InChI=1S/C18H19N3O4/c1-4-21-10(2)8-12-14(17(21)22)13(11-6-5-7-20-9-11)15(16(19)25-12)18(23)24-3/h5-9,13H,4,19H2,1-3H3. The molecule has 1 aliphatic rings. The molecule has 7 heteroatoms. The van der Waals surface area contributed by atoms with Gasteiger partial charge < -0.3 is 19.8 Å². The van der Waals surface area contributed by atoms with Gasteiger partial charge in [0.05, 0.1) is 18.6 Å². The lowest BCUT2D eigenvalue weighted by atomic mass is 9.84. The fourth-order valence-electron chi connectivity index (χ4n) is 3.17. The van der Waals surface area contributed by atoms with E-state index in [4.69, 9.17) is 15.2 Å². The summed E-state index contributed by atoms with van der Waals surface area (Å²) >= 11 is 0. The van der Waals surface area contributed by atoms with Gasteiger partial charge >= 0.3 is 5.97 Å². The first-order valence-electron chi connectivity index (χ1n) is 7.89. The minimum absolute atomic E-state index is 0.0683. The topological polar surface area (TPSA) is 96.4 Å². The molecule has 3 rings (SSSR count). The number of carbonyl (C=O) groups excluding carboxylic acids is 1. The molecule has 0 spiro atoms. The van der Waals surface area contributed by atoms with Crippen molar-refractivity contribution in [3.05, 3.63) is 69.2 Å². The Morgan fingerprint density at radius 1 is 1.48 bits per heavy atom. The number of hydrogen-bond donors (Lipinski definition) is 1. The molecule has 1 unspecified atom stereocenters. The summed E-state index contributed by atoms with van der Waals surface area (Å²) in [6.45, 7) is 4.21. The van der Waals surface area contributed by atoms with Crippen molar-refractivity contribution >= 4 is 5.97 Å². The van der Waals surface area contributed by atoms with E-state index >= 15 is 0 Å². The third-order valence-electron chi connectivity index (χ3n) is 4.31. The molecule has 0 radical (unpaired) electrons. The van der Waals surface area contributed by atoms with Crippen molar-refractivity contribution in [3.63, 3.8) is 0 Å². The Balaban J connectivity index is 2.35. The van der Waals surface area contributed by atoms with Crippen LogP contribution in [0.25, 0.3) is 0 Å². The zero-order valence-corrected chi connectivity index (χ0v) is 14.3. The quantitative estimate of drug-likeness (QED) is 0.849. The molecule has 130 valence electrons. The lowest BCUT2D eigenvalue weighted by Gasteiger charge is -2.28. The Kier molecular flexibility index (Phi) is 4.31. The zero-order chi connectivity index (χ0) is 18.1. The van der Waals surface area contributed by atoms with Gasteiger partial charge in [-0.2, -0.15) is 0 Å². The van der Waals surface area contributed by atoms with E-state index < -0.39 is 11.9 Å². The summed E-state index contributed by atoms with van der Waals surface area (Å²) in [7, 11) is 1.26. The van der Waals surface area contributed by atoms with Gasteiger partial charge in [0, 0.05) is 30.7 Å². The summed E-state index contributed by atoms with van der Waals surface area (Å²) in [5.74, 6) is -1.05. The highest BCUT2D eigenvalue weighted by Gasteiger charge is 2.38. The van der Waals surface area contributed by atoms with Gasteiger partial charge in [-0.1, -0.05) is 6.07 Å². The molecule has 2 aromatic heterocycles.